The minimum absolute atomic E-state index is 0.0187. The first-order valence-corrected chi connectivity index (χ1v) is 8.93. The zero-order chi connectivity index (χ0) is 20.1. The average molecular weight is 381 g/mol. The van der Waals surface area contributed by atoms with Crippen LogP contribution in [0.3, 0.4) is 0 Å². The molecule has 0 radical (unpaired) electrons. The van der Waals surface area contributed by atoms with Gasteiger partial charge in [-0.1, -0.05) is 32.9 Å². The Balaban J connectivity index is 1.46. The van der Waals surface area contributed by atoms with E-state index in [4.69, 9.17) is 9.47 Å². The summed E-state index contributed by atoms with van der Waals surface area (Å²) >= 11 is 0. The minimum atomic E-state index is -0.420. The topological polar surface area (TPSA) is 89.0 Å². The van der Waals surface area contributed by atoms with Crippen molar-refractivity contribution in [2.75, 3.05) is 13.3 Å². The number of nitrogens with zero attached hydrogens (tertiary/aromatic N) is 1. The second-order valence-electron chi connectivity index (χ2n) is 7.42. The number of rotatable bonds is 5. The third-order valence-electron chi connectivity index (χ3n) is 4.22. The number of nitrogens with one attached hydrogen (secondary N) is 2. The molecule has 2 aromatic rings. The molecule has 0 saturated heterocycles. The SMILES string of the molecule is CC(C)(C)c1ccc(C(=O)NCC(=O)NN=Cc2ccc3c(c2)OCO3)cc1. The molecule has 2 amide bonds. The highest BCUT2D eigenvalue weighted by molar-refractivity contribution is 5.96. The largest absolute Gasteiger partial charge is 0.454 e. The molecular weight excluding hydrogens is 358 g/mol. The molecule has 1 aliphatic rings. The van der Waals surface area contributed by atoms with E-state index in [2.05, 4.69) is 36.6 Å². The molecule has 0 aromatic heterocycles. The molecule has 0 atom stereocenters. The number of hydrazone groups is 1. The van der Waals surface area contributed by atoms with E-state index in [1.54, 1.807) is 30.3 Å². The van der Waals surface area contributed by atoms with Gasteiger partial charge in [-0.15, -0.1) is 0 Å². The van der Waals surface area contributed by atoms with Crippen molar-refractivity contribution in [3.63, 3.8) is 0 Å². The van der Waals surface area contributed by atoms with Crippen molar-refractivity contribution in [3.05, 3.63) is 59.2 Å². The van der Waals surface area contributed by atoms with Gasteiger partial charge in [-0.05, 0) is 46.9 Å². The second kappa shape index (κ2) is 8.12. The average Bonchev–Trinajstić information content (AvgIpc) is 3.13. The molecule has 146 valence electrons. The van der Waals surface area contributed by atoms with E-state index in [0.29, 0.717) is 17.1 Å². The number of ether oxygens (including phenoxy) is 2. The Labute approximate surface area is 163 Å². The maximum atomic E-state index is 12.2. The molecule has 2 N–H and O–H groups in total. The Morgan fingerprint density at radius 3 is 2.50 bits per heavy atom. The van der Waals surface area contributed by atoms with Gasteiger partial charge in [0.05, 0.1) is 12.8 Å². The predicted molar refractivity (Wildman–Crippen MR) is 106 cm³/mol. The van der Waals surface area contributed by atoms with Crippen LogP contribution in [0.4, 0.5) is 0 Å². The van der Waals surface area contributed by atoms with Gasteiger partial charge in [0.15, 0.2) is 11.5 Å². The maximum Gasteiger partial charge on any atom is 0.259 e. The predicted octanol–water partition coefficient (Wildman–Crippen LogP) is 2.59. The third kappa shape index (κ3) is 4.88. The van der Waals surface area contributed by atoms with Gasteiger partial charge in [0, 0.05) is 5.56 Å². The van der Waals surface area contributed by atoms with Gasteiger partial charge in [0.25, 0.3) is 11.8 Å². The Morgan fingerprint density at radius 1 is 1.07 bits per heavy atom. The lowest BCUT2D eigenvalue weighted by Crippen LogP contribution is -2.34. The summed E-state index contributed by atoms with van der Waals surface area (Å²) in [6.07, 6.45) is 1.49. The summed E-state index contributed by atoms with van der Waals surface area (Å²) in [7, 11) is 0. The lowest BCUT2D eigenvalue weighted by atomic mass is 9.87. The fraction of sp³-hybridized carbons (Fsp3) is 0.286. The minimum Gasteiger partial charge on any atom is -0.454 e. The number of hydrogen-bond donors (Lipinski definition) is 2. The normalized spacial score (nSPS) is 12.8. The smallest absolute Gasteiger partial charge is 0.259 e. The van der Waals surface area contributed by atoms with Crippen LogP contribution >= 0.6 is 0 Å². The van der Waals surface area contributed by atoms with Gasteiger partial charge in [-0.3, -0.25) is 9.59 Å². The first-order chi connectivity index (χ1) is 13.3. The highest BCUT2D eigenvalue weighted by Gasteiger charge is 2.15. The second-order valence-corrected chi connectivity index (χ2v) is 7.42. The first kappa shape index (κ1) is 19.4. The number of carbonyl (C=O) groups excluding carboxylic acids is 2. The van der Waals surface area contributed by atoms with Crippen molar-refractivity contribution < 1.29 is 19.1 Å². The van der Waals surface area contributed by atoms with Crippen LogP contribution in [-0.2, 0) is 10.2 Å². The van der Waals surface area contributed by atoms with Crippen molar-refractivity contribution in [1.29, 1.82) is 0 Å². The lowest BCUT2D eigenvalue weighted by Gasteiger charge is -2.19. The molecule has 0 spiro atoms. The number of benzene rings is 2. The van der Waals surface area contributed by atoms with Crippen molar-refractivity contribution in [1.82, 2.24) is 10.7 Å². The molecular formula is C21H23N3O4. The van der Waals surface area contributed by atoms with Crippen molar-refractivity contribution in [2.24, 2.45) is 5.10 Å². The number of carbonyl (C=O) groups is 2. The van der Waals surface area contributed by atoms with E-state index in [-0.39, 0.29) is 24.7 Å². The lowest BCUT2D eigenvalue weighted by molar-refractivity contribution is -0.120. The van der Waals surface area contributed by atoms with Crippen LogP contribution < -0.4 is 20.2 Å². The van der Waals surface area contributed by atoms with Crippen LogP contribution in [0.5, 0.6) is 11.5 Å². The summed E-state index contributed by atoms with van der Waals surface area (Å²) in [5.74, 6) is 0.589. The summed E-state index contributed by atoms with van der Waals surface area (Å²) in [6, 6.07) is 12.7. The first-order valence-electron chi connectivity index (χ1n) is 8.93. The van der Waals surface area contributed by atoms with E-state index < -0.39 is 5.91 Å². The fourth-order valence-corrected chi connectivity index (χ4v) is 2.60. The standard InChI is InChI=1S/C21H23N3O4/c1-21(2,3)16-7-5-15(6-8-16)20(26)22-12-19(25)24-23-11-14-4-9-17-18(10-14)28-13-27-17/h4-11H,12-13H2,1-3H3,(H,22,26)(H,24,25). The van der Waals surface area contributed by atoms with Crippen LogP contribution in [0, 0.1) is 0 Å². The molecule has 0 aliphatic carbocycles. The highest BCUT2D eigenvalue weighted by atomic mass is 16.7. The Morgan fingerprint density at radius 2 is 1.79 bits per heavy atom. The van der Waals surface area contributed by atoms with Crippen molar-refractivity contribution in [2.45, 2.75) is 26.2 Å². The summed E-state index contributed by atoms with van der Waals surface area (Å²) < 4.78 is 10.5. The molecule has 1 heterocycles. The van der Waals surface area contributed by atoms with Gasteiger partial charge in [0.1, 0.15) is 0 Å². The molecule has 3 rings (SSSR count). The van der Waals surface area contributed by atoms with E-state index in [1.165, 1.54) is 6.21 Å². The number of fused-ring (bicyclic) bond motifs is 1. The van der Waals surface area contributed by atoms with Crippen LogP contribution in [0.1, 0.15) is 42.3 Å². The van der Waals surface area contributed by atoms with Crippen LogP contribution in [0.15, 0.2) is 47.6 Å². The summed E-state index contributed by atoms with van der Waals surface area (Å²) in [5, 5.41) is 6.46. The molecule has 0 fully saturated rings. The molecule has 0 unspecified atom stereocenters. The van der Waals surface area contributed by atoms with Gasteiger partial charge < -0.3 is 14.8 Å². The molecule has 2 aromatic carbocycles. The third-order valence-corrected chi connectivity index (χ3v) is 4.22. The molecule has 7 heteroatoms. The zero-order valence-corrected chi connectivity index (χ0v) is 16.1. The molecule has 0 bridgehead atoms. The highest BCUT2D eigenvalue weighted by Crippen LogP contribution is 2.31. The summed E-state index contributed by atoms with van der Waals surface area (Å²) in [5.41, 5.74) is 4.80. The van der Waals surface area contributed by atoms with Crippen LogP contribution in [0.2, 0.25) is 0 Å². The Bertz CT molecular complexity index is 899. The van der Waals surface area contributed by atoms with Gasteiger partial charge in [-0.25, -0.2) is 5.43 Å². The van der Waals surface area contributed by atoms with Gasteiger partial charge in [0.2, 0.25) is 6.79 Å². The monoisotopic (exact) mass is 381 g/mol. The van der Waals surface area contributed by atoms with E-state index in [0.717, 1.165) is 11.1 Å². The van der Waals surface area contributed by atoms with Crippen molar-refractivity contribution >= 4 is 18.0 Å². The summed E-state index contributed by atoms with van der Waals surface area (Å²) in [6.45, 7) is 6.35. The number of hydrogen-bond acceptors (Lipinski definition) is 5. The Kier molecular flexibility index (Phi) is 5.63. The maximum absolute atomic E-state index is 12.2. The van der Waals surface area contributed by atoms with Gasteiger partial charge in [-0.2, -0.15) is 5.10 Å². The van der Waals surface area contributed by atoms with Crippen LogP contribution in [-0.4, -0.2) is 31.4 Å². The van der Waals surface area contributed by atoms with Gasteiger partial charge >= 0.3 is 0 Å². The van der Waals surface area contributed by atoms with Crippen molar-refractivity contribution in [3.8, 4) is 11.5 Å². The molecule has 0 saturated carbocycles. The fourth-order valence-electron chi connectivity index (χ4n) is 2.60. The molecule has 1 aliphatic heterocycles. The van der Waals surface area contributed by atoms with Crippen LogP contribution in [0.25, 0.3) is 0 Å². The zero-order valence-electron chi connectivity index (χ0n) is 16.1. The number of amides is 2. The Hall–Kier alpha value is -3.35. The summed E-state index contributed by atoms with van der Waals surface area (Å²) in [4.78, 5) is 24.0. The quantitative estimate of drug-likeness (QED) is 0.615. The molecule has 7 nitrogen and oxygen atoms in total. The van der Waals surface area contributed by atoms with E-state index in [1.807, 2.05) is 12.1 Å². The molecule has 28 heavy (non-hydrogen) atoms. The van der Waals surface area contributed by atoms with E-state index in [9.17, 15) is 9.59 Å². The van der Waals surface area contributed by atoms with E-state index >= 15 is 0 Å².